The Bertz CT molecular complexity index is 464. The first-order valence-electron chi connectivity index (χ1n) is 5.95. The summed E-state index contributed by atoms with van der Waals surface area (Å²) in [6, 6.07) is 5.02. The van der Waals surface area contributed by atoms with E-state index in [1.165, 1.54) is 43.3 Å². The van der Waals surface area contributed by atoms with Crippen molar-refractivity contribution in [3.63, 3.8) is 0 Å². The smallest absolute Gasteiger partial charge is 0.321 e. The molecular formula is C13H17FN2O4. The van der Waals surface area contributed by atoms with Crippen LogP contribution in [0, 0.1) is 5.82 Å². The third-order valence-corrected chi connectivity index (χ3v) is 2.74. The molecule has 0 bridgehead atoms. The number of benzene rings is 1. The first-order chi connectivity index (χ1) is 9.43. The molecule has 0 saturated carbocycles. The molecule has 1 atom stereocenters. The van der Waals surface area contributed by atoms with E-state index in [2.05, 4.69) is 5.32 Å². The monoisotopic (exact) mass is 284 g/mol. The Morgan fingerprint density at radius 1 is 1.40 bits per heavy atom. The number of halogens is 1. The van der Waals surface area contributed by atoms with Crippen molar-refractivity contribution in [3.8, 4) is 0 Å². The number of nitrogens with one attached hydrogen (secondary N) is 1. The summed E-state index contributed by atoms with van der Waals surface area (Å²) in [6.45, 7) is 0.0766. The van der Waals surface area contributed by atoms with E-state index in [1.807, 2.05) is 0 Å². The number of carbonyl (C=O) groups excluding carboxylic acids is 1. The second kappa shape index (κ2) is 7.44. The summed E-state index contributed by atoms with van der Waals surface area (Å²) >= 11 is 0. The summed E-state index contributed by atoms with van der Waals surface area (Å²) in [5.74, 6) is -1.39. The van der Waals surface area contributed by atoms with E-state index < -0.39 is 18.1 Å². The Balaban J connectivity index is 2.53. The molecule has 1 unspecified atom stereocenters. The molecule has 0 heterocycles. The summed E-state index contributed by atoms with van der Waals surface area (Å²) in [5.41, 5.74) is 0.524. The number of nitrogens with zero attached hydrogens (tertiary/aromatic N) is 1. The summed E-state index contributed by atoms with van der Waals surface area (Å²) in [5, 5.41) is 11.2. The fraction of sp³-hybridized carbons (Fsp3) is 0.385. The number of aliphatic carboxylic acids is 1. The lowest BCUT2D eigenvalue weighted by atomic mass is 10.2. The molecule has 6 nitrogen and oxygen atoms in total. The fourth-order valence-electron chi connectivity index (χ4n) is 1.54. The van der Waals surface area contributed by atoms with Crippen molar-refractivity contribution in [2.75, 3.05) is 25.6 Å². The Labute approximate surface area is 116 Å². The Morgan fingerprint density at radius 3 is 2.50 bits per heavy atom. The zero-order valence-electron chi connectivity index (χ0n) is 11.3. The molecule has 2 amide bonds. The SMILES string of the molecule is COC(CNC(=O)N(C)c1ccc(F)cc1)CC(=O)O. The highest BCUT2D eigenvalue weighted by molar-refractivity contribution is 5.91. The average Bonchev–Trinajstić information content (AvgIpc) is 2.42. The van der Waals surface area contributed by atoms with Gasteiger partial charge in [-0.15, -0.1) is 0 Å². The molecule has 0 fully saturated rings. The number of carboxylic acids is 1. The maximum atomic E-state index is 12.8. The molecule has 1 aromatic carbocycles. The second-order valence-corrected chi connectivity index (χ2v) is 4.18. The van der Waals surface area contributed by atoms with Crippen LogP contribution in [0.2, 0.25) is 0 Å². The van der Waals surface area contributed by atoms with E-state index in [4.69, 9.17) is 9.84 Å². The van der Waals surface area contributed by atoms with Crippen LogP contribution in [0.15, 0.2) is 24.3 Å². The number of methoxy groups -OCH3 is 1. The molecule has 0 saturated heterocycles. The zero-order valence-corrected chi connectivity index (χ0v) is 11.3. The van der Waals surface area contributed by atoms with Crippen LogP contribution in [-0.4, -0.2) is 43.9 Å². The minimum absolute atomic E-state index is 0.0766. The van der Waals surface area contributed by atoms with Crippen molar-refractivity contribution in [2.24, 2.45) is 0 Å². The number of ether oxygens (including phenoxy) is 1. The standard InChI is InChI=1S/C13H17FN2O4/c1-16(10-5-3-9(14)4-6-10)13(19)15-8-11(20-2)7-12(17)18/h3-6,11H,7-8H2,1-2H3,(H,15,19)(H,17,18). The van der Waals surface area contributed by atoms with Gasteiger partial charge in [-0.3, -0.25) is 9.69 Å². The van der Waals surface area contributed by atoms with Gasteiger partial charge in [0.15, 0.2) is 0 Å². The normalized spacial score (nSPS) is 11.8. The van der Waals surface area contributed by atoms with Gasteiger partial charge in [0.25, 0.3) is 0 Å². The van der Waals surface area contributed by atoms with Crippen LogP contribution in [0.4, 0.5) is 14.9 Å². The quantitative estimate of drug-likeness (QED) is 0.829. The van der Waals surface area contributed by atoms with Crippen LogP contribution < -0.4 is 10.2 Å². The molecule has 110 valence electrons. The van der Waals surface area contributed by atoms with Gasteiger partial charge in [-0.1, -0.05) is 0 Å². The summed E-state index contributed by atoms with van der Waals surface area (Å²) in [6.07, 6.45) is -0.796. The van der Waals surface area contributed by atoms with Crippen molar-refractivity contribution in [2.45, 2.75) is 12.5 Å². The van der Waals surface area contributed by atoms with Gasteiger partial charge in [0.05, 0.1) is 12.5 Å². The summed E-state index contributed by atoms with van der Waals surface area (Å²) in [7, 11) is 2.91. The Hall–Kier alpha value is -2.15. The first-order valence-corrected chi connectivity index (χ1v) is 5.95. The number of amides is 2. The lowest BCUT2D eigenvalue weighted by molar-refractivity contribution is -0.139. The van der Waals surface area contributed by atoms with Gasteiger partial charge >= 0.3 is 12.0 Å². The van der Waals surface area contributed by atoms with E-state index >= 15 is 0 Å². The molecular weight excluding hydrogens is 267 g/mol. The lowest BCUT2D eigenvalue weighted by Crippen LogP contribution is -2.42. The highest BCUT2D eigenvalue weighted by atomic mass is 19.1. The Morgan fingerprint density at radius 2 is 2.00 bits per heavy atom. The van der Waals surface area contributed by atoms with Crippen molar-refractivity contribution in [1.82, 2.24) is 5.32 Å². The van der Waals surface area contributed by atoms with Crippen molar-refractivity contribution >= 4 is 17.7 Å². The number of carbonyl (C=O) groups is 2. The number of rotatable bonds is 6. The summed E-state index contributed by atoms with van der Waals surface area (Å²) in [4.78, 5) is 23.7. The van der Waals surface area contributed by atoms with Crippen molar-refractivity contribution in [3.05, 3.63) is 30.1 Å². The van der Waals surface area contributed by atoms with E-state index in [-0.39, 0.29) is 18.8 Å². The average molecular weight is 284 g/mol. The van der Waals surface area contributed by atoms with Gasteiger partial charge in [0.1, 0.15) is 5.82 Å². The fourth-order valence-corrected chi connectivity index (χ4v) is 1.54. The molecule has 20 heavy (non-hydrogen) atoms. The highest BCUT2D eigenvalue weighted by Crippen LogP contribution is 2.13. The van der Waals surface area contributed by atoms with Crippen LogP contribution in [0.25, 0.3) is 0 Å². The van der Waals surface area contributed by atoms with Gasteiger partial charge in [-0.2, -0.15) is 0 Å². The van der Waals surface area contributed by atoms with Crippen molar-refractivity contribution < 1.29 is 23.8 Å². The van der Waals surface area contributed by atoms with Crippen LogP contribution in [0.1, 0.15) is 6.42 Å². The largest absolute Gasteiger partial charge is 0.481 e. The zero-order chi connectivity index (χ0) is 15.1. The van der Waals surface area contributed by atoms with Crippen LogP contribution >= 0.6 is 0 Å². The predicted octanol–water partition coefficient (Wildman–Crippen LogP) is 1.46. The number of hydrogen-bond donors (Lipinski definition) is 2. The van der Waals surface area contributed by atoms with E-state index in [1.54, 1.807) is 0 Å². The number of carboxylic acid groups (broad SMARTS) is 1. The molecule has 1 rings (SSSR count). The lowest BCUT2D eigenvalue weighted by Gasteiger charge is -2.20. The van der Waals surface area contributed by atoms with Gasteiger partial charge in [-0.05, 0) is 24.3 Å². The molecule has 0 aliphatic rings. The topological polar surface area (TPSA) is 78.9 Å². The van der Waals surface area contributed by atoms with Crippen LogP contribution in [0.3, 0.4) is 0 Å². The minimum atomic E-state index is -1.00. The van der Waals surface area contributed by atoms with Gasteiger partial charge in [0, 0.05) is 26.4 Å². The maximum absolute atomic E-state index is 12.8. The number of anilines is 1. The molecule has 1 aromatic rings. The van der Waals surface area contributed by atoms with E-state index in [9.17, 15) is 14.0 Å². The van der Waals surface area contributed by atoms with E-state index in [0.717, 1.165) is 0 Å². The maximum Gasteiger partial charge on any atom is 0.321 e. The van der Waals surface area contributed by atoms with E-state index in [0.29, 0.717) is 5.69 Å². The van der Waals surface area contributed by atoms with Crippen LogP contribution in [-0.2, 0) is 9.53 Å². The molecule has 0 spiro atoms. The first kappa shape index (κ1) is 15.9. The third-order valence-electron chi connectivity index (χ3n) is 2.74. The molecule has 0 radical (unpaired) electrons. The minimum Gasteiger partial charge on any atom is -0.481 e. The van der Waals surface area contributed by atoms with Gasteiger partial charge in [-0.25, -0.2) is 9.18 Å². The van der Waals surface area contributed by atoms with Crippen LogP contribution in [0.5, 0.6) is 0 Å². The molecule has 0 aliphatic carbocycles. The Kier molecular flexibility index (Phi) is 5.92. The number of hydrogen-bond acceptors (Lipinski definition) is 3. The molecule has 2 N–H and O–H groups in total. The molecule has 0 aliphatic heterocycles. The molecule has 0 aromatic heterocycles. The second-order valence-electron chi connectivity index (χ2n) is 4.18. The van der Waals surface area contributed by atoms with Gasteiger partial charge < -0.3 is 15.2 Å². The summed E-state index contributed by atoms with van der Waals surface area (Å²) < 4.78 is 17.7. The van der Waals surface area contributed by atoms with Gasteiger partial charge in [0.2, 0.25) is 0 Å². The number of urea groups is 1. The highest BCUT2D eigenvalue weighted by Gasteiger charge is 2.16. The van der Waals surface area contributed by atoms with Crippen molar-refractivity contribution in [1.29, 1.82) is 0 Å². The third kappa shape index (κ3) is 4.85. The predicted molar refractivity (Wildman–Crippen MR) is 71.3 cm³/mol. The molecule has 7 heteroatoms.